The molecular formula is C86H122N22O21S. The zero-order valence-electron chi connectivity index (χ0n) is 73.7. The number of primary amides is 2. The fourth-order valence-electron chi connectivity index (χ4n) is 15.8. The van der Waals surface area contributed by atoms with Crippen molar-refractivity contribution < 1.29 is 102 Å². The number of thioether (sulfide) groups is 1. The Morgan fingerprint density at radius 2 is 0.962 bits per heavy atom. The summed E-state index contributed by atoms with van der Waals surface area (Å²) in [7, 11) is 3.87. The number of H-pyrrole nitrogens is 2. The Labute approximate surface area is 754 Å². The zero-order chi connectivity index (χ0) is 95.2. The summed E-state index contributed by atoms with van der Waals surface area (Å²) in [5.74, 6) is -18.1. The molecule has 0 spiro atoms. The summed E-state index contributed by atoms with van der Waals surface area (Å²) in [5, 5.41) is 79.8. The number of aromatic amines is 2. The number of benzene rings is 3. The van der Waals surface area contributed by atoms with E-state index in [1.165, 1.54) is 52.3 Å². The van der Waals surface area contributed by atoms with E-state index in [4.69, 9.17) is 22.6 Å². The van der Waals surface area contributed by atoms with E-state index < -0.39 is 242 Å². The first-order valence-corrected chi connectivity index (χ1v) is 44.5. The molecule has 17 amide bonds. The third kappa shape index (κ3) is 28.3. The van der Waals surface area contributed by atoms with E-state index in [0.717, 1.165) is 36.3 Å². The second-order valence-electron chi connectivity index (χ2n) is 32.6. The van der Waals surface area contributed by atoms with Crippen LogP contribution < -0.4 is 75.7 Å². The van der Waals surface area contributed by atoms with E-state index in [1.807, 2.05) is 13.8 Å². The van der Waals surface area contributed by atoms with Gasteiger partial charge in [0.25, 0.3) is 0 Å². The number of carbonyl (C=O) groups excluding carboxylic acids is 17. The maximum atomic E-state index is 15.7. The number of likely N-dealkylation sites (N-methyl/N-ethyl adjacent to an activating group) is 3. The van der Waals surface area contributed by atoms with Gasteiger partial charge in [0, 0.05) is 107 Å². The number of aromatic nitrogens is 2. The van der Waals surface area contributed by atoms with E-state index in [2.05, 4.69) is 68.5 Å². The van der Waals surface area contributed by atoms with Crippen molar-refractivity contribution in [1.82, 2.24) is 93.0 Å². The lowest BCUT2D eigenvalue weighted by atomic mass is 10.00. The fraction of sp³-hybridized carbons (Fsp3) is 0.535. The van der Waals surface area contributed by atoms with Crippen LogP contribution in [0.2, 0.25) is 0 Å². The Morgan fingerprint density at radius 3 is 1.51 bits per heavy atom. The number of unbranched alkanes of at least 4 members (excludes halogenated alkanes) is 2. The minimum Gasteiger partial charge on any atom is -0.508 e. The van der Waals surface area contributed by atoms with E-state index in [-0.39, 0.29) is 96.0 Å². The molecule has 0 bridgehead atoms. The molecule has 3 aliphatic heterocycles. The van der Waals surface area contributed by atoms with Crippen molar-refractivity contribution in [3.8, 4) is 5.75 Å². The molecule has 0 unspecified atom stereocenters. The average Bonchev–Trinajstić information content (AvgIpc) is 1.45. The summed E-state index contributed by atoms with van der Waals surface area (Å²) < 4.78 is 0. The van der Waals surface area contributed by atoms with Gasteiger partial charge < -0.3 is 131 Å². The smallest absolute Gasteiger partial charge is 0.246 e. The standard InChI is InChI=1S/C86H122N22O21S/c1-7-9-23-65-78(122)96-56(22-15-32-91-86(89)90)74(118)103-64(73(117)94-42-70(88)114)45-130-46-71(115)95-59(36-48-27-29-51(112)30-28-48)81(125)104(4)47(3)72(116)99-61(39-69(87)113)84(128)108-34-17-26-67(108)80(124)102-63(44-111)76(120)97-57(31-35-109)83(127)107-33-16-25-66(107)79(123)98-58(37-49-40-92-54-20-13-11-18-52(49)54)75(119)101-62(43-110)77(121)100-60(38-50-41-93-55-21-14-12-19-53(50)55)82(126)106(6)68(24-10-8-2)85(129)105(65)5/h11-14,18-21,27-30,40-41,47,56-68,92-93,109-112H,7-10,15-17,22-26,31-39,42-46H2,1-6H3,(H2,87,113)(H2,88,114)(H,94,117)(H,95,115)(H,96,122)(H,97,120)(H,98,123)(H,99,116)(H,100,121)(H,101,119)(H,102,124)(H,103,118)(H4,89,90,91)/t47-,56-,57-,58-,59-,60-,61+,62-,63-,64-,65-,66-,67-,68-/m0/s1. The largest absolute Gasteiger partial charge is 0.508 e. The average molecular weight is 1830 g/mol. The Bertz CT molecular complexity index is 4880. The highest BCUT2D eigenvalue weighted by molar-refractivity contribution is 8.00. The van der Waals surface area contributed by atoms with Crippen molar-refractivity contribution in [2.45, 2.75) is 215 Å². The SMILES string of the molecule is CCCC[C@H]1C(=O)N(C)[C@@H](CCCC)C(=O)N[C@@H](CCCNC(=N)N)C(=O)N[C@H](C(=O)NCC(N)=O)CSCC(=O)N[C@@H](Cc2ccc(O)cc2)C(=O)N(C)[C@@H](C)C(=O)N[C@H](CC(N)=O)C(=O)N2CCC[C@H]2C(=O)N[C@@H](CO)C(=O)N[C@@H](CCO)C(=O)N2CCC[C@H]2C(=O)N[C@@H](Cc2c[nH]c3ccccc23)C(=O)N[C@@H](CO)C(=O)N[C@@H](Cc2c[nH]c3ccccc23)C(=O)N1C. The summed E-state index contributed by atoms with van der Waals surface area (Å²) in [6.07, 6.45) is 2.73. The van der Waals surface area contributed by atoms with Gasteiger partial charge in [-0.05, 0) is 106 Å². The van der Waals surface area contributed by atoms with E-state index in [0.29, 0.717) is 64.2 Å². The van der Waals surface area contributed by atoms with Gasteiger partial charge in [0.15, 0.2) is 5.96 Å². The Balaban J connectivity index is 1.17. The lowest BCUT2D eigenvalue weighted by Crippen LogP contribution is -2.62. The number of aliphatic hydroxyl groups is 3. The summed E-state index contributed by atoms with van der Waals surface area (Å²) in [6.45, 7) is 0.980. The molecule has 2 aromatic heterocycles. The number of fused-ring (bicyclic) bond motifs is 4. The molecule has 5 heterocycles. The summed E-state index contributed by atoms with van der Waals surface area (Å²) in [5.41, 5.74) is 19.3. The summed E-state index contributed by atoms with van der Waals surface area (Å²) in [6, 6.07) is -2.60. The van der Waals surface area contributed by atoms with Crippen LogP contribution in [0.3, 0.4) is 0 Å². The number of nitrogens with one attached hydrogen (secondary N) is 14. The van der Waals surface area contributed by atoms with Crippen molar-refractivity contribution in [2.75, 3.05) is 78.6 Å². The van der Waals surface area contributed by atoms with Crippen molar-refractivity contribution in [1.29, 1.82) is 5.41 Å². The van der Waals surface area contributed by atoms with Gasteiger partial charge in [0.2, 0.25) is 100 Å². The van der Waals surface area contributed by atoms with Crippen LogP contribution in [0.1, 0.15) is 127 Å². The van der Waals surface area contributed by atoms with Crippen LogP contribution in [0, 0.1) is 5.41 Å². The molecule has 3 aromatic carbocycles. The minimum absolute atomic E-state index is 0.0101. The van der Waals surface area contributed by atoms with Gasteiger partial charge >= 0.3 is 0 Å². The van der Waals surface area contributed by atoms with Crippen LogP contribution in [-0.2, 0) is 101 Å². The van der Waals surface area contributed by atoms with Gasteiger partial charge in [-0.3, -0.25) is 86.9 Å². The maximum Gasteiger partial charge on any atom is 0.246 e. The quantitative estimate of drug-likeness (QED) is 0.0149. The third-order valence-electron chi connectivity index (χ3n) is 23.2. The number of rotatable bonds is 25. The number of aliphatic hydroxyl groups excluding tert-OH is 3. The summed E-state index contributed by atoms with van der Waals surface area (Å²) in [4.78, 5) is 259. The van der Waals surface area contributed by atoms with Crippen LogP contribution in [-0.4, -0.2) is 325 Å². The number of phenolic OH excluding ortho intramolecular Hbond substituents is 1. The van der Waals surface area contributed by atoms with Gasteiger partial charge in [0.1, 0.15) is 90.3 Å². The van der Waals surface area contributed by atoms with Crippen LogP contribution in [0.4, 0.5) is 0 Å². The molecule has 24 N–H and O–H groups in total. The number of amides is 17. The molecule has 5 aromatic rings. The number of nitrogens with zero attached hydrogens (tertiary/aromatic N) is 5. The van der Waals surface area contributed by atoms with Gasteiger partial charge in [0.05, 0.1) is 31.9 Å². The first-order valence-electron chi connectivity index (χ1n) is 43.4. The lowest BCUT2D eigenvalue weighted by Gasteiger charge is -2.36. The molecule has 3 aliphatic rings. The molecule has 0 radical (unpaired) electrons. The Hall–Kier alpha value is -13.0. The number of guanidine groups is 1. The van der Waals surface area contributed by atoms with Gasteiger partial charge in [-0.1, -0.05) is 88.1 Å². The monoisotopic (exact) mass is 1830 g/mol. The second-order valence-corrected chi connectivity index (χ2v) is 33.6. The minimum atomic E-state index is -1.88. The first kappa shape index (κ1) is 102. The number of carbonyl (C=O) groups is 17. The van der Waals surface area contributed by atoms with Gasteiger partial charge in [-0.25, -0.2) is 0 Å². The predicted molar refractivity (Wildman–Crippen MR) is 475 cm³/mol. The van der Waals surface area contributed by atoms with Gasteiger partial charge in [-0.15, -0.1) is 11.8 Å². The molecule has 3 fully saturated rings. The molecule has 0 aliphatic carbocycles. The fourth-order valence-corrected chi connectivity index (χ4v) is 16.7. The number of para-hydroxylation sites is 2. The highest BCUT2D eigenvalue weighted by atomic mass is 32.2. The number of nitrogens with two attached hydrogens (primary N) is 3. The summed E-state index contributed by atoms with van der Waals surface area (Å²) >= 11 is 0.752. The topological polar surface area (TPSA) is 653 Å². The number of hydrogen-bond acceptors (Lipinski definition) is 23. The maximum absolute atomic E-state index is 15.7. The lowest BCUT2D eigenvalue weighted by molar-refractivity contribution is -0.149. The molecule has 8 rings (SSSR count). The highest BCUT2D eigenvalue weighted by Crippen LogP contribution is 2.27. The molecule has 43 nitrogen and oxygen atoms in total. The Morgan fingerprint density at radius 1 is 0.485 bits per heavy atom. The first-order chi connectivity index (χ1) is 62.0. The van der Waals surface area contributed by atoms with Crippen LogP contribution in [0.15, 0.2) is 85.2 Å². The second kappa shape index (κ2) is 49.5. The molecule has 130 heavy (non-hydrogen) atoms. The van der Waals surface area contributed by atoms with E-state index in [9.17, 15) is 78.0 Å². The third-order valence-corrected chi connectivity index (χ3v) is 24.2. The number of hydrogen-bond donors (Lipinski definition) is 21. The van der Waals surface area contributed by atoms with Crippen molar-refractivity contribution in [3.05, 3.63) is 102 Å². The van der Waals surface area contributed by atoms with Crippen LogP contribution in [0.25, 0.3) is 21.8 Å². The molecule has 44 heteroatoms. The predicted octanol–water partition coefficient (Wildman–Crippen LogP) is -4.54. The molecule has 14 atom stereocenters. The zero-order valence-corrected chi connectivity index (χ0v) is 74.5. The number of phenols is 1. The van der Waals surface area contributed by atoms with E-state index in [1.54, 1.807) is 60.9 Å². The molecule has 708 valence electrons. The van der Waals surface area contributed by atoms with Crippen LogP contribution in [0.5, 0.6) is 5.75 Å². The Kier molecular flexibility index (Phi) is 39.0. The van der Waals surface area contributed by atoms with Crippen molar-refractivity contribution in [2.24, 2.45) is 17.2 Å². The number of aromatic hydroxyl groups is 1. The normalized spacial score (nSPS) is 24.6. The highest BCUT2D eigenvalue weighted by Gasteiger charge is 2.45. The van der Waals surface area contributed by atoms with Crippen molar-refractivity contribution >= 4 is 140 Å². The molecule has 3 saturated heterocycles. The van der Waals surface area contributed by atoms with E-state index >= 15 is 24.0 Å². The van der Waals surface area contributed by atoms with Crippen LogP contribution >= 0.6 is 11.8 Å². The van der Waals surface area contributed by atoms with Gasteiger partial charge in [-0.2, -0.15) is 0 Å². The molecular weight excluding hydrogens is 1710 g/mol. The molecule has 0 saturated carbocycles. The van der Waals surface area contributed by atoms with Crippen molar-refractivity contribution in [3.63, 3.8) is 0 Å².